The van der Waals surface area contributed by atoms with Gasteiger partial charge in [-0.05, 0) is 35.9 Å². The molecule has 36 heavy (non-hydrogen) atoms. The standard InChI is InChI=1S/C27H24Cl2N2O5/c1-30(2)16-12-10-15(11-13-16)22-20(24(33)27(34)31(22)17-8-6-5-7-9-17)23(32)18-14-19(28)26(36-4)21(29)25(18)35-3/h5-14,22,32H,1-4H3/b23-20+. The third-order valence-corrected chi connectivity index (χ3v) is 6.62. The second kappa shape index (κ2) is 10.1. The van der Waals surface area contributed by atoms with Gasteiger partial charge in [-0.3, -0.25) is 14.5 Å². The lowest BCUT2D eigenvalue weighted by molar-refractivity contribution is -0.132. The molecule has 0 saturated carbocycles. The molecule has 9 heteroatoms. The molecule has 1 heterocycles. The molecule has 0 spiro atoms. The van der Waals surface area contributed by atoms with E-state index in [0.717, 1.165) is 5.69 Å². The number of nitrogens with zero attached hydrogens (tertiary/aromatic N) is 2. The number of para-hydroxylation sites is 1. The fourth-order valence-corrected chi connectivity index (χ4v) is 4.94. The van der Waals surface area contributed by atoms with Gasteiger partial charge in [0, 0.05) is 25.5 Å². The van der Waals surface area contributed by atoms with E-state index in [1.165, 1.54) is 25.2 Å². The number of rotatable bonds is 6. The molecule has 0 aliphatic carbocycles. The summed E-state index contributed by atoms with van der Waals surface area (Å²) in [4.78, 5) is 30.0. The summed E-state index contributed by atoms with van der Waals surface area (Å²) >= 11 is 12.8. The van der Waals surface area contributed by atoms with Crippen LogP contribution in [0.4, 0.5) is 11.4 Å². The summed E-state index contributed by atoms with van der Waals surface area (Å²) in [5.74, 6) is -1.86. The van der Waals surface area contributed by atoms with Crippen LogP contribution >= 0.6 is 23.2 Å². The summed E-state index contributed by atoms with van der Waals surface area (Å²) in [5, 5.41) is 11.6. The van der Waals surface area contributed by atoms with Crippen molar-refractivity contribution in [1.29, 1.82) is 0 Å². The van der Waals surface area contributed by atoms with Crippen molar-refractivity contribution in [3.8, 4) is 11.5 Å². The first kappa shape index (κ1) is 25.4. The van der Waals surface area contributed by atoms with Crippen molar-refractivity contribution in [3.05, 3.63) is 87.4 Å². The van der Waals surface area contributed by atoms with E-state index in [0.29, 0.717) is 11.3 Å². The maximum atomic E-state index is 13.4. The number of aliphatic hydroxyl groups excluding tert-OH is 1. The molecule has 1 aliphatic heterocycles. The van der Waals surface area contributed by atoms with Gasteiger partial charge in [0.25, 0.3) is 11.7 Å². The van der Waals surface area contributed by atoms with Crippen LogP contribution in [0, 0.1) is 0 Å². The minimum absolute atomic E-state index is 0.0261. The summed E-state index contributed by atoms with van der Waals surface area (Å²) in [6.45, 7) is 0. The molecule has 1 saturated heterocycles. The maximum absolute atomic E-state index is 13.4. The van der Waals surface area contributed by atoms with Crippen LogP contribution in [-0.4, -0.2) is 45.1 Å². The molecule has 1 fully saturated rings. The number of benzene rings is 3. The molecule has 1 aliphatic rings. The normalized spacial score (nSPS) is 16.8. The van der Waals surface area contributed by atoms with Crippen LogP contribution in [0.2, 0.25) is 10.0 Å². The molecule has 1 atom stereocenters. The van der Waals surface area contributed by atoms with Gasteiger partial charge >= 0.3 is 0 Å². The van der Waals surface area contributed by atoms with Crippen molar-refractivity contribution < 1.29 is 24.2 Å². The Hall–Kier alpha value is -3.68. The lowest BCUT2D eigenvalue weighted by Crippen LogP contribution is -2.29. The van der Waals surface area contributed by atoms with Gasteiger partial charge < -0.3 is 19.5 Å². The van der Waals surface area contributed by atoms with Crippen LogP contribution in [0.1, 0.15) is 17.2 Å². The largest absolute Gasteiger partial charge is 0.507 e. The highest BCUT2D eigenvalue weighted by molar-refractivity contribution is 6.52. The van der Waals surface area contributed by atoms with Crippen LogP contribution in [-0.2, 0) is 9.59 Å². The van der Waals surface area contributed by atoms with Crippen molar-refractivity contribution in [1.82, 2.24) is 0 Å². The molecule has 0 radical (unpaired) electrons. The zero-order valence-electron chi connectivity index (χ0n) is 20.1. The van der Waals surface area contributed by atoms with E-state index >= 15 is 0 Å². The predicted octanol–water partition coefficient (Wildman–Crippen LogP) is 5.70. The molecular formula is C27H24Cl2N2O5. The summed E-state index contributed by atoms with van der Waals surface area (Å²) in [7, 11) is 6.59. The number of ether oxygens (including phenoxy) is 2. The van der Waals surface area contributed by atoms with E-state index < -0.39 is 23.5 Å². The van der Waals surface area contributed by atoms with Gasteiger partial charge in [-0.25, -0.2) is 0 Å². The third-order valence-electron chi connectivity index (χ3n) is 6.00. The van der Waals surface area contributed by atoms with E-state index in [2.05, 4.69) is 0 Å². The number of Topliss-reactive ketones (excluding diaryl/α,β-unsaturated/α-hetero) is 1. The Morgan fingerprint density at radius 2 is 1.56 bits per heavy atom. The predicted molar refractivity (Wildman–Crippen MR) is 142 cm³/mol. The van der Waals surface area contributed by atoms with Gasteiger partial charge in [-0.15, -0.1) is 0 Å². The van der Waals surface area contributed by atoms with Crippen LogP contribution < -0.4 is 19.3 Å². The van der Waals surface area contributed by atoms with Crippen molar-refractivity contribution in [3.63, 3.8) is 0 Å². The number of methoxy groups -OCH3 is 2. The van der Waals surface area contributed by atoms with Crippen molar-refractivity contribution in [2.24, 2.45) is 0 Å². The van der Waals surface area contributed by atoms with Gasteiger partial charge in [-0.1, -0.05) is 53.5 Å². The average molecular weight is 527 g/mol. The van der Waals surface area contributed by atoms with Crippen LogP contribution in [0.5, 0.6) is 11.5 Å². The van der Waals surface area contributed by atoms with E-state index in [9.17, 15) is 14.7 Å². The number of hydrogen-bond donors (Lipinski definition) is 1. The number of amides is 1. The highest BCUT2D eigenvalue weighted by atomic mass is 35.5. The Kier molecular flexibility index (Phi) is 7.15. The molecule has 186 valence electrons. The molecule has 0 aromatic heterocycles. The first-order valence-corrected chi connectivity index (χ1v) is 11.7. The number of carbonyl (C=O) groups excluding carboxylic acids is 2. The van der Waals surface area contributed by atoms with Gasteiger partial charge in [-0.2, -0.15) is 0 Å². The van der Waals surface area contributed by atoms with Gasteiger partial charge in [0.2, 0.25) is 0 Å². The second-order valence-corrected chi connectivity index (χ2v) is 9.06. The summed E-state index contributed by atoms with van der Waals surface area (Å²) in [6.07, 6.45) is 0. The Balaban J connectivity index is 2.00. The van der Waals surface area contributed by atoms with Crippen LogP contribution in [0.3, 0.4) is 0 Å². The van der Waals surface area contributed by atoms with Crippen LogP contribution in [0.25, 0.3) is 5.76 Å². The quantitative estimate of drug-likeness (QED) is 0.252. The van der Waals surface area contributed by atoms with E-state index in [1.54, 1.807) is 24.3 Å². The lowest BCUT2D eigenvalue weighted by atomic mass is 9.94. The number of anilines is 2. The molecule has 1 amide bonds. The Bertz CT molecular complexity index is 1350. The first-order valence-electron chi connectivity index (χ1n) is 10.9. The van der Waals surface area contributed by atoms with Crippen molar-refractivity contribution in [2.45, 2.75) is 6.04 Å². The number of ketones is 1. The fraction of sp³-hybridized carbons (Fsp3) is 0.185. The minimum atomic E-state index is -0.909. The molecule has 3 aromatic carbocycles. The average Bonchev–Trinajstić information content (AvgIpc) is 3.14. The number of aliphatic hydroxyl groups is 1. The zero-order chi connectivity index (χ0) is 26.1. The van der Waals surface area contributed by atoms with Gasteiger partial charge in [0.05, 0.1) is 36.4 Å². The molecule has 4 rings (SSSR count). The third kappa shape index (κ3) is 4.25. The Morgan fingerprint density at radius 3 is 2.11 bits per heavy atom. The summed E-state index contributed by atoms with van der Waals surface area (Å²) < 4.78 is 10.7. The van der Waals surface area contributed by atoms with Crippen LogP contribution in [0.15, 0.2) is 66.2 Å². The molecular weight excluding hydrogens is 503 g/mol. The first-order chi connectivity index (χ1) is 17.2. The lowest BCUT2D eigenvalue weighted by Gasteiger charge is -2.26. The highest BCUT2D eigenvalue weighted by Crippen LogP contribution is 2.48. The summed E-state index contributed by atoms with van der Waals surface area (Å²) in [5.41, 5.74) is 2.03. The molecule has 1 unspecified atom stereocenters. The topological polar surface area (TPSA) is 79.3 Å². The fourth-order valence-electron chi connectivity index (χ4n) is 4.25. The number of carbonyl (C=O) groups is 2. The number of halogens is 2. The maximum Gasteiger partial charge on any atom is 0.300 e. The molecule has 3 aromatic rings. The smallest absolute Gasteiger partial charge is 0.300 e. The van der Waals surface area contributed by atoms with Crippen molar-refractivity contribution in [2.75, 3.05) is 38.1 Å². The second-order valence-electron chi connectivity index (χ2n) is 8.28. The van der Waals surface area contributed by atoms with E-state index in [1.807, 2.05) is 49.3 Å². The number of hydrogen-bond acceptors (Lipinski definition) is 6. The minimum Gasteiger partial charge on any atom is -0.507 e. The SMILES string of the molecule is COc1c(Cl)cc(/C(O)=C2\C(=O)C(=O)N(c3ccccc3)C2c2ccc(N(C)C)cc2)c(OC)c1Cl. The molecule has 7 nitrogen and oxygen atoms in total. The van der Waals surface area contributed by atoms with Gasteiger partial charge in [0.15, 0.2) is 11.5 Å². The van der Waals surface area contributed by atoms with Crippen molar-refractivity contribution >= 4 is 52.0 Å². The highest BCUT2D eigenvalue weighted by Gasteiger charge is 2.47. The molecule has 1 N–H and O–H groups in total. The van der Waals surface area contributed by atoms with E-state index in [-0.39, 0.29) is 32.7 Å². The Labute approximate surface area is 219 Å². The van der Waals surface area contributed by atoms with E-state index in [4.69, 9.17) is 32.7 Å². The monoisotopic (exact) mass is 526 g/mol. The summed E-state index contributed by atoms with van der Waals surface area (Å²) in [6, 6.07) is 16.7. The van der Waals surface area contributed by atoms with Gasteiger partial charge in [0.1, 0.15) is 10.8 Å². The zero-order valence-corrected chi connectivity index (χ0v) is 21.6. The molecule has 0 bridgehead atoms. The Morgan fingerprint density at radius 1 is 0.944 bits per heavy atom.